The topological polar surface area (TPSA) is 98.8 Å². The van der Waals surface area contributed by atoms with Crippen LogP contribution in [0.5, 0.6) is 5.88 Å². The number of carbonyl (C=O) groups excluding carboxylic acids is 3. The third-order valence-electron chi connectivity index (χ3n) is 7.00. The van der Waals surface area contributed by atoms with Crippen LogP contribution in [-0.4, -0.2) is 70.4 Å². The summed E-state index contributed by atoms with van der Waals surface area (Å²) in [5.74, 6) is -0.513. The fourth-order valence-electron chi connectivity index (χ4n) is 5.09. The SMILES string of the molecule is O=C(Oc1ccc(N2C(=O)C3CCCCC3C2=O)cn1)N1CCN(CCc2ccc[nH]2)CC1. The summed E-state index contributed by atoms with van der Waals surface area (Å²) in [7, 11) is 0. The lowest BCUT2D eigenvalue weighted by Crippen LogP contribution is -2.50. The van der Waals surface area contributed by atoms with Crippen LogP contribution in [0, 0.1) is 11.8 Å². The number of hydrogen-bond acceptors (Lipinski definition) is 6. The average molecular weight is 452 g/mol. The Morgan fingerprint density at radius 2 is 1.76 bits per heavy atom. The van der Waals surface area contributed by atoms with E-state index in [0.717, 1.165) is 51.7 Å². The summed E-state index contributed by atoms with van der Waals surface area (Å²) in [6.07, 6.45) is 7.41. The van der Waals surface area contributed by atoms with Crippen molar-refractivity contribution in [2.45, 2.75) is 32.1 Å². The first-order valence-corrected chi connectivity index (χ1v) is 11.8. The summed E-state index contributed by atoms with van der Waals surface area (Å²) in [6.45, 7) is 3.73. The zero-order valence-corrected chi connectivity index (χ0v) is 18.6. The molecule has 0 radical (unpaired) electrons. The smallest absolute Gasteiger partial charge is 0.391 e. The number of nitrogens with zero attached hydrogens (tertiary/aromatic N) is 4. The number of carbonyl (C=O) groups is 3. The van der Waals surface area contributed by atoms with Crippen molar-refractivity contribution in [3.05, 3.63) is 42.4 Å². The van der Waals surface area contributed by atoms with E-state index in [9.17, 15) is 14.4 Å². The first-order chi connectivity index (χ1) is 16.1. The van der Waals surface area contributed by atoms with Crippen LogP contribution in [0.25, 0.3) is 0 Å². The first kappa shape index (κ1) is 21.6. The molecule has 4 heterocycles. The molecule has 174 valence electrons. The monoisotopic (exact) mass is 451 g/mol. The maximum absolute atomic E-state index is 12.7. The van der Waals surface area contributed by atoms with Crippen LogP contribution in [-0.2, 0) is 16.0 Å². The van der Waals surface area contributed by atoms with E-state index in [1.807, 2.05) is 12.3 Å². The molecule has 0 spiro atoms. The molecule has 2 atom stereocenters. The third kappa shape index (κ3) is 4.50. The van der Waals surface area contributed by atoms with Crippen molar-refractivity contribution < 1.29 is 19.1 Å². The van der Waals surface area contributed by atoms with E-state index < -0.39 is 6.09 Å². The number of H-pyrrole nitrogens is 1. The number of nitrogens with one attached hydrogen (secondary N) is 1. The number of anilines is 1. The molecule has 0 bridgehead atoms. The molecule has 3 aliphatic rings. The number of aromatic amines is 1. The second-order valence-corrected chi connectivity index (χ2v) is 9.01. The van der Waals surface area contributed by atoms with Gasteiger partial charge in [-0.05, 0) is 31.0 Å². The molecular formula is C24H29N5O4. The summed E-state index contributed by atoms with van der Waals surface area (Å²) in [5.41, 5.74) is 1.65. The van der Waals surface area contributed by atoms with Gasteiger partial charge in [-0.25, -0.2) is 14.7 Å². The van der Waals surface area contributed by atoms with E-state index in [4.69, 9.17) is 4.74 Å². The standard InChI is InChI=1S/C24H29N5O4/c30-22-19-5-1-2-6-20(19)23(31)29(22)18-7-8-21(26-16-18)33-24(32)28-14-12-27(13-15-28)11-9-17-4-3-10-25-17/h3-4,7-8,10,16,19-20,25H,1-2,5-6,9,11-15H2. The average Bonchev–Trinajstić information content (AvgIpc) is 3.46. The Kier molecular flexibility index (Phi) is 6.13. The highest BCUT2D eigenvalue weighted by atomic mass is 16.6. The van der Waals surface area contributed by atoms with Gasteiger partial charge in [-0.15, -0.1) is 0 Å². The zero-order chi connectivity index (χ0) is 22.8. The van der Waals surface area contributed by atoms with E-state index in [2.05, 4.69) is 20.9 Å². The second-order valence-electron chi connectivity index (χ2n) is 9.01. The number of hydrogen-bond donors (Lipinski definition) is 1. The van der Waals surface area contributed by atoms with Gasteiger partial charge < -0.3 is 14.6 Å². The van der Waals surface area contributed by atoms with Crippen molar-refractivity contribution in [3.8, 4) is 5.88 Å². The van der Waals surface area contributed by atoms with E-state index in [0.29, 0.717) is 18.8 Å². The van der Waals surface area contributed by atoms with Crippen LogP contribution < -0.4 is 9.64 Å². The van der Waals surface area contributed by atoms with Gasteiger partial charge in [0.2, 0.25) is 17.7 Å². The van der Waals surface area contributed by atoms with E-state index in [1.54, 1.807) is 17.0 Å². The predicted octanol–water partition coefficient (Wildman–Crippen LogP) is 2.45. The van der Waals surface area contributed by atoms with Gasteiger partial charge in [0.1, 0.15) is 0 Å². The number of imide groups is 1. The lowest BCUT2D eigenvalue weighted by Gasteiger charge is -2.33. The lowest BCUT2D eigenvalue weighted by molar-refractivity contribution is -0.122. The maximum atomic E-state index is 12.7. The summed E-state index contributed by atoms with van der Waals surface area (Å²) in [5, 5.41) is 0. The Bertz CT molecular complexity index is 974. The normalized spacial score (nSPS) is 23.6. The molecule has 2 aromatic heterocycles. The molecule has 1 N–H and O–H groups in total. The molecule has 5 rings (SSSR count). The Balaban J connectivity index is 1.13. The van der Waals surface area contributed by atoms with Crippen molar-refractivity contribution in [3.63, 3.8) is 0 Å². The summed E-state index contributed by atoms with van der Waals surface area (Å²) >= 11 is 0. The molecule has 2 unspecified atom stereocenters. The van der Waals surface area contributed by atoms with Gasteiger partial charge in [0.05, 0.1) is 23.7 Å². The van der Waals surface area contributed by atoms with Crippen LogP contribution >= 0.6 is 0 Å². The Morgan fingerprint density at radius 1 is 1.03 bits per heavy atom. The fraction of sp³-hybridized carbons (Fsp3) is 0.500. The van der Waals surface area contributed by atoms with Crippen molar-refractivity contribution in [1.29, 1.82) is 0 Å². The molecule has 2 saturated heterocycles. The Labute approximate surface area is 192 Å². The molecule has 0 aromatic carbocycles. The number of pyridine rings is 1. The predicted molar refractivity (Wildman–Crippen MR) is 121 cm³/mol. The van der Waals surface area contributed by atoms with Crippen molar-refractivity contribution in [2.24, 2.45) is 11.8 Å². The minimum Gasteiger partial charge on any atom is -0.391 e. The highest BCUT2D eigenvalue weighted by Gasteiger charge is 2.48. The van der Waals surface area contributed by atoms with Crippen LogP contribution in [0.4, 0.5) is 10.5 Å². The fourth-order valence-corrected chi connectivity index (χ4v) is 5.09. The van der Waals surface area contributed by atoms with Gasteiger partial charge in [-0.3, -0.25) is 14.5 Å². The number of piperazine rings is 1. The largest absolute Gasteiger partial charge is 0.416 e. The number of fused-ring (bicyclic) bond motifs is 1. The van der Waals surface area contributed by atoms with Gasteiger partial charge in [0, 0.05) is 57.1 Å². The van der Waals surface area contributed by atoms with Crippen molar-refractivity contribution in [2.75, 3.05) is 37.6 Å². The quantitative estimate of drug-likeness (QED) is 0.701. The molecule has 1 saturated carbocycles. The number of rotatable bonds is 5. The van der Waals surface area contributed by atoms with E-state index >= 15 is 0 Å². The zero-order valence-electron chi connectivity index (χ0n) is 18.6. The molecular weight excluding hydrogens is 422 g/mol. The highest BCUT2D eigenvalue weighted by molar-refractivity contribution is 6.22. The summed E-state index contributed by atoms with van der Waals surface area (Å²) in [4.78, 5) is 50.7. The highest BCUT2D eigenvalue weighted by Crippen LogP contribution is 2.40. The molecule has 9 heteroatoms. The molecule has 1 aliphatic carbocycles. The minimum atomic E-state index is -0.432. The van der Waals surface area contributed by atoms with Crippen LogP contribution in [0.2, 0.25) is 0 Å². The molecule has 3 fully saturated rings. The number of ether oxygens (including phenoxy) is 1. The van der Waals surface area contributed by atoms with Gasteiger partial charge in [0.15, 0.2) is 0 Å². The second kappa shape index (κ2) is 9.35. The summed E-state index contributed by atoms with van der Waals surface area (Å²) < 4.78 is 5.44. The van der Waals surface area contributed by atoms with Gasteiger partial charge >= 0.3 is 6.09 Å². The Morgan fingerprint density at radius 3 is 2.36 bits per heavy atom. The minimum absolute atomic E-state index is 0.134. The van der Waals surface area contributed by atoms with Crippen LogP contribution in [0.1, 0.15) is 31.4 Å². The van der Waals surface area contributed by atoms with E-state index in [-0.39, 0.29) is 29.5 Å². The molecule has 2 aromatic rings. The lowest BCUT2D eigenvalue weighted by atomic mass is 9.81. The molecule has 2 aliphatic heterocycles. The molecule has 3 amide bonds. The summed E-state index contributed by atoms with van der Waals surface area (Å²) in [6, 6.07) is 7.25. The third-order valence-corrected chi connectivity index (χ3v) is 7.00. The van der Waals surface area contributed by atoms with E-state index in [1.165, 1.54) is 16.8 Å². The van der Waals surface area contributed by atoms with Crippen LogP contribution in [0.3, 0.4) is 0 Å². The number of amides is 3. The maximum Gasteiger partial charge on any atom is 0.416 e. The number of aromatic nitrogens is 2. The molecule has 9 nitrogen and oxygen atoms in total. The van der Waals surface area contributed by atoms with Crippen molar-refractivity contribution >= 4 is 23.6 Å². The van der Waals surface area contributed by atoms with Crippen LogP contribution in [0.15, 0.2) is 36.7 Å². The molecule has 33 heavy (non-hydrogen) atoms. The van der Waals surface area contributed by atoms with Crippen molar-refractivity contribution in [1.82, 2.24) is 19.8 Å². The van der Waals surface area contributed by atoms with Gasteiger partial charge in [0.25, 0.3) is 0 Å². The van der Waals surface area contributed by atoms with Gasteiger partial charge in [-0.1, -0.05) is 12.8 Å². The first-order valence-electron chi connectivity index (χ1n) is 11.8. The van der Waals surface area contributed by atoms with Gasteiger partial charge in [-0.2, -0.15) is 0 Å². The Hall–Kier alpha value is -3.20.